The molecule has 2 amide bonds. The summed E-state index contributed by atoms with van der Waals surface area (Å²) in [5, 5.41) is 14.2. The smallest absolute Gasteiger partial charge is 0.251 e. The lowest BCUT2D eigenvalue weighted by Crippen LogP contribution is -2.44. The molecular weight excluding hydrogens is 326 g/mol. The number of hydrogen-bond donors (Lipinski definition) is 3. The van der Waals surface area contributed by atoms with Gasteiger partial charge in [-0.15, -0.1) is 0 Å². The van der Waals surface area contributed by atoms with Crippen molar-refractivity contribution in [3.8, 4) is 5.75 Å². The summed E-state index contributed by atoms with van der Waals surface area (Å²) in [6.07, 6.45) is 0.250. The maximum atomic E-state index is 12.2. The second-order valence-corrected chi connectivity index (χ2v) is 5.78. The van der Waals surface area contributed by atoms with Crippen molar-refractivity contribution in [3.63, 3.8) is 0 Å². The van der Waals surface area contributed by atoms with Crippen molar-refractivity contribution in [1.82, 2.24) is 10.6 Å². The van der Waals surface area contributed by atoms with Crippen LogP contribution in [0.15, 0.2) is 18.2 Å². The molecule has 1 heterocycles. The summed E-state index contributed by atoms with van der Waals surface area (Å²) in [6.45, 7) is 1.41. The standard InChI is InChI=1S/C17H25N3O5/c1-20-13(10-16(22)18-5-7-21)11-25-15-4-3-12(9-14(15)20)17(23)19-6-8-24-2/h3-4,9,13,21H,5-8,10-11H2,1-2H3,(H,18,22)(H,19,23)/t13-/m0/s1. The van der Waals surface area contributed by atoms with Gasteiger partial charge in [0.15, 0.2) is 0 Å². The topological polar surface area (TPSA) is 100 Å². The minimum absolute atomic E-state index is 0.0902. The van der Waals surface area contributed by atoms with Gasteiger partial charge in [0, 0.05) is 32.8 Å². The molecule has 1 aliphatic rings. The maximum Gasteiger partial charge on any atom is 0.251 e. The highest BCUT2D eigenvalue weighted by Gasteiger charge is 2.27. The molecule has 0 fully saturated rings. The lowest BCUT2D eigenvalue weighted by molar-refractivity contribution is -0.121. The highest BCUT2D eigenvalue weighted by atomic mass is 16.5. The highest BCUT2D eigenvalue weighted by molar-refractivity contribution is 5.95. The van der Waals surface area contributed by atoms with Gasteiger partial charge in [-0.05, 0) is 18.2 Å². The van der Waals surface area contributed by atoms with Crippen molar-refractivity contribution in [3.05, 3.63) is 23.8 Å². The molecule has 1 aromatic carbocycles. The molecule has 0 saturated heterocycles. The molecule has 0 spiro atoms. The predicted molar refractivity (Wildman–Crippen MR) is 93.0 cm³/mol. The summed E-state index contributed by atoms with van der Waals surface area (Å²) in [6, 6.07) is 5.09. The predicted octanol–water partition coefficient (Wildman–Crippen LogP) is -0.241. The van der Waals surface area contributed by atoms with E-state index < -0.39 is 0 Å². The number of aliphatic hydroxyl groups excluding tert-OH is 1. The van der Waals surface area contributed by atoms with Crippen LogP contribution in [0, 0.1) is 0 Å². The molecule has 0 bridgehead atoms. The first-order valence-electron chi connectivity index (χ1n) is 8.21. The third kappa shape index (κ3) is 5.07. The Morgan fingerprint density at radius 3 is 2.88 bits per heavy atom. The number of nitrogens with zero attached hydrogens (tertiary/aromatic N) is 1. The van der Waals surface area contributed by atoms with Crippen molar-refractivity contribution in [2.24, 2.45) is 0 Å². The van der Waals surface area contributed by atoms with Crippen LogP contribution < -0.4 is 20.3 Å². The average Bonchev–Trinajstić information content (AvgIpc) is 2.62. The molecule has 2 rings (SSSR count). The van der Waals surface area contributed by atoms with Crippen LogP contribution in [0.4, 0.5) is 5.69 Å². The first kappa shape index (κ1) is 19.0. The lowest BCUT2D eigenvalue weighted by Gasteiger charge is -2.35. The van der Waals surface area contributed by atoms with E-state index in [9.17, 15) is 9.59 Å². The van der Waals surface area contributed by atoms with Crippen LogP contribution in [-0.2, 0) is 9.53 Å². The van der Waals surface area contributed by atoms with Crippen molar-refractivity contribution in [1.29, 1.82) is 0 Å². The summed E-state index contributed by atoms with van der Waals surface area (Å²) in [4.78, 5) is 26.0. The zero-order chi connectivity index (χ0) is 18.2. The number of hydrogen-bond acceptors (Lipinski definition) is 6. The quantitative estimate of drug-likeness (QED) is 0.559. The van der Waals surface area contributed by atoms with Crippen LogP contribution in [0.2, 0.25) is 0 Å². The zero-order valence-electron chi connectivity index (χ0n) is 14.6. The second-order valence-electron chi connectivity index (χ2n) is 5.78. The SMILES string of the molecule is COCCNC(=O)c1ccc2c(c1)N(C)[C@@H](CC(=O)NCCO)CO2. The number of ether oxygens (including phenoxy) is 2. The largest absolute Gasteiger partial charge is 0.489 e. The molecule has 8 nitrogen and oxygen atoms in total. The molecule has 0 aliphatic carbocycles. The molecule has 0 unspecified atom stereocenters. The molecule has 25 heavy (non-hydrogen) atoms. The first-order valence-corrected chi connectivity index (χ1v) is 8.21. The molecule has 0 radical (unpaired) electrons. The van der Waals surface area contributed by atoms with E-state index in [1.165, 1.54) is 0 Å². The van der Waals surface area contributed by atoms with E-state index in [0.29, 0.717) is 31.1 Å². The molecule has 138 valence electrons. The number of nitrogens with one attached hydrogen (secondary N) is 2. The van der Waals surface area contributed by atoms with Gasteiger partial charge in [-0.1, -0.05) is 0 Å². The molecule has 1 atom stereocenters. The second kappa shape index (κ2) is 9.24. The summed E-state index contributed by atoms with van der Waals surface area (Å²) in [5.74, 6) is 0.352. The van der Waals surface area contributed by atoms with E-state index >= 15 is 0 Å². The van der Waals surface area contributed by atoms with E-state index in [2.05, 4.69) is 10.6 Å². The number of fused-ring (bicyclic) bond motifs is 1. The van der Waals surface area contributed by atoms with Crippen LogP contribution in [0.3, 0.4) is 0 Å². The molecule has 0 aromatic heterocycles. The fourth-order valence-electron chi connectivity index (χ4n) is 2.60. The zero-order valence-corrected chi connectivity index (χ0v) is 14.6. The van der Waals surface area contributed by atoms with E-state index in [4.69, 9.17) is 14.6 Å². The molecule has 3 N–H and O–H groups in total. The maximum absolute atomic E-state index is 12.2. The van der Waals surface area contributed by atoms with Gasteiger partial charge in [-0.2, -0.15) is 0 Å². The van der Waals surface area contributed by atoms with Gasteiger partial charge < -0.3 is 30.1 Å². The Morgan fingerprint density at radius 2 is 2.16 bits per heavy atom. The van der Waals surface area contributed by atoms with Crippen molar-refractivity contribution >= 4 is 17.5 Å². The van der Waals surface area contributed by atoms with Gasteiger partial charge in [0.05, 0.1) is 31.4 Å². The van der Waals surface area contributed by atoms with Gasteiger partial charge in [0.2, 0.25) is 5.91 Å². The highest BCUT2D eigenvalue weighted by Crippen LogP contribution is 2.34. The molecule has 1 aromatic rings. The minimum Gasteiger partial charge on any atom is -0.489 e. The van der Waals surface area contributed by atoms with E-state index in [1.54, 1.807) is 25.3 Å². The fraction of sp³-hybridized carbons (Fsp3) is 0.529. The Bertz CT molecular complexity index is 608. The monoisotopic (exact) mass is 351 g/mol. The third-order valence-corrected chi connectivity index (χ3v) is 4.03. The number of methoxy groups -OCH3 is 1. The van der Waals surface area contributed by atoms with E-state index in [-0.39, 0.29) is 37.4 Å². The molecule has 8 heteroatoms. The first-order chi connectivity index (χ1) is 12.1. The Hall–Kier alpha value is -2.32. The molecular formula is C17H25N3O5. The van der Waals surface area contributed by atoms with Crippen molar-refractivity contribution in [2.45, 2.75) is 12.5 Å². The van der Waals surface area contributed by atoms with Gasteiger partial charge in [-0.25, -0.2) is 0 Å². The number of carbonyl (C=O) groups excluding carboxylic acids is 2. The van der Waals surface area contributed by atoms with Crippen LogP contribution in [0.1, 0.15) is 16.8 Å². The summed E-state index contributed by atoms with van der Waals surface area (Å²) in [7, 11) is 3.45. The van der Waals surface area contributed by atoms with Crippen LogP contribution in [0.5, 0.6) is 5.75 Å². The summed E-state index contributed by atoms with van der Waals surface area (Å²) in [5.41, 5.74) is 1.29. The van der Waals surface area contributed by atoms with E-state index in [1.807, 2.05) is 11.9 Å². The average molecular weight is 351 g/mol. The van der Waals surface area contributed by atoms with Gasteiger partial charge in [0.25, 0.3) is 5.91 Å². The lowest BCUT2D eigenvalue weighted by atomic mass is 10.1. The number of rotatable bonds is 8. The third-order valence-electron chi connectivity index (χ3n) is 4.03. The number of amides is 2. The Kier molecular flexibility index (Phi) is 7.03. The van der Waals surface area contributed by atoms with Crippen LogP contribution in [0.25, 0.3) is 0 Å². The number of likely N-dealkylation sites (N-methyl/N-ethyl adjacent to an activating group) is 1. The molecule has 0 saturated carbocycles. The normalized spacial score (nSPS) is 16.0. The minimum atomic E-state index is -0.184. The van der Waals surface area contributed by atoms with Gasteiger partial charge >= 0.3 is 0 Å². The number of carbonyl (C=O) groups is 2. The Morgan fingerprint density at radius 1 is 1.36 bits per heavy atom. The summed E-state index contributed by atoms with van der Waals surface area (Å²) >= 11 is 0. The van der Waals surface area contributed by atoms with Gasteiger partial charge in [-0.3, -0.25) is 9.59 Å². The number of aliphatic hydroxyl groups is 1. The van der Waals surface area contributed by atoms with Gasteiger partial charge in [0.1, 0.15) is 12.4 Å². The molecule has 1 aliphatic heterocycles. The Labute approximate surface area is 147 Å². The van der Waals surface area contributed by atoms with Crippen molar-refractivity contribution in [2.75, 3.05) is 52.0 Å². The van der Waals surface area contributed by atoms with Crippen LogP contribution in [-0.4, -0.2) is 70.0 Å². The van der Waals surface area contributed by atoms with Crippen molar-refractivity contribution < 1.29 is 24.2 Å². The van der Waals surface area contributed by atoms with E-state index in [0.717, 1.165) is 5.69 Å². The Balaban J connectivity index is 2.05. The fourth-order valence-corrected chi connectivity index (χ4v) is 2.60. The number of anilines is 1. The number of benzene rings is 1. The van der Waals surface area contributed by atoms with Crippen LogP contribution >= 0.6 is 0 Å². The summed E-state index contributed by atoms with van der Waals surface area (Å²) < 4.78 is 10.6.